The molecule has 0 aliphatic carbocycles. The Morgan fingerprint density at radius 2 is 1.81 bits per heavy atom. The van der Waals surface area contributed by atoms with Crippen molar-refractivity contribution in [2.45, 2.75) is 26.3 Å². The van der Waals surface area contributed by atoms with Gasteiger partial charge >= 0.3 is 0 Å². The summed E-state index contributed by atoms with van der Waals surface area (Å²) in [6.07, 6.45) is 0.643. The van der Waals surface area contributed by atoms with Gasteiger partial charge in [-0.3, -0.25) is 0 Å². The van der Waals surface area contributed by atoms with Gasteiger partial charge in [0.2, 0.25) is 5.95 Å². The first kappa shape index (κ1) is 18.6. The largest absolute Gasteiger partial charge is 0.355 e. The van der Waals surface area contributed by atoms with Crippen LogP contribution in [0.5, 0.6) is 0 Å². The highest BCUT2D eigenvalue weighted by molar-refractivity contribution is 7.91. The molecule has 1 unspecified atom stereocenters. The minimum Gasteiger partial charge on any atom is -0.355 e. The summed E-state index contributed by atoms with van der Waals surface area (Å²) >= 11 is 0. The number of benzene rings is 1. The number of anilines is 2. The van der Waals surface area contributed by atoms with E-state index in [1.165, 1.54) is 0 Å². The van der Waals surface area contributed by atoms with E-state index in [0.29, 0.717) is 12.4 Å². The minimum absolute atomic E-state index is 0.0388. The molecule has 2 aromatic rings. The second-order valence-electron chi connectivity index (χ2n) is 6.62. The molecule has 3 rings (SSSR count). The summed E-state index contributed by atoms with van der Waals surface area (Å²) in [7, 11) is -1.02. The zero-order valence-electron chi connectivity index (χ0n) is 15.6. The lowest BCUT2D eigenvalue weighted by Gasteiger charge is -2.27. The molecule has 1 atom stereocenters. The van der Waals surface area contributed by atoms with E-state index in [1.54, 1.807) is 0 Å². The van der Waals surface area contributed by atoms with Crippen LogP contribution in [0.15, 0.2) is 36.4 Å². The summed E-state index contributed by atoms with van der Waals surface area (Å²) in [4.78, 5) is 13.6. The first-order valence-electron chi connectivity index (χ1n) is 9.06. The summed E-state index contributed by atoms with van der Waals surface area (Å²) in [5, 5.41) is 0. The van der Waals surface area contributed by atoms with Crippen molar-refractivity contribution < 1.29 is 8.42 Å². The Kier molecular flexibility index (Phi) is 5.46. The Morgan fingerprint density at radius 1 is 1.12 bits per heavy atom. The van der Waals surface area contributed by atoms with Gasteiger partial charge in [-0.25, -0.2) is 13.4 Å². The summed E-state index contributed by atoms with van der Waals surface area (Å²) < 4.78 is 23.7. The molecule has 0 saturated carbocycles. The summed E-state index contributed by atoms with van der Waals surface area (Å²) in [6.45, 7) is 5.79. The van der Waals surface area contributed by atoms with Crippen molar-refractivity contribution in [3.8, 4) is 11.3 Å². The molecule has 26 heavy (non-hydrogen) atoms. The number of nitrogens with zero attached hydrogens (tertiary/aromatic N) is 4. The Morgan fingerprint density at radius 3 is 2.38 bits per heavy atom. The van der Waals surface area contributed by atoms with E-state index in [1.807, 2.05) is 48.3 Å². The van der Waals surface area contributed by atoms with Gasteiger partial charge in [0.1, 0.15) is 5.82 Å². The van der Waals surface area contributed by atoms with Gasteiger partial charge in [0.15, 0.2) is 9.84 Å². The van der Waals surface area contributed by atoms with Crippen LogP contribution in [0.3, 0.4) is 0 Å². The second kappa shape index (κ2) is 7.61. The molecule has 7 heteroatoms. The van der Waals surface area contributed by atoms with Crippen molar-refractivity contribution in [2.75, 3.05) is 41.4 Å². The minimum atomic E-state index is -2.94. The molecular weight excluding hydrogens is 348 g/mol. The number of rotatable bonds is 6. The lowest BCUT2D eigenvalue weighted by Crippen LogP contribution is -2.34. The molecule has 0 spiro atoms. The first-order valence-corrected chi connectivity index (χ1v) is 10.9. The van der Waals surface area contributed by atoms with Gasteiger partial charge < -0.3 is 9.80 Å². The zero-order valence-corrected chi connectivity index (χ0v) is 16.4. The van der Waals surface area contributed by atoms with Gasteiger partial charge in [0.25, 0.3) is 0 Å². The van der Waals surface area contributed by atoms with Crippen LogP contribution in [0, 0.1) is 0 Å². The van der Waals surface area contributed by atoms with Gasteiger partial charge in [-0.05, 0) is 20.3 Å². The van der Waals surface area contributed by atoms with E-state index in [4.69, 9.17) is 9.97 Å². The van der Waals surface area contributed by atoms with Gasteiger partial charge in [-0.1, -0.05) is 30.3 Å². The molecule has 0 amide bonds. The molecule has 140 valence electrons. The summed E-state index contributed by atoms with van der Waals surface area (Å²) in [6, 6.07) is 11.9. The number of hydrogen-bond donors (Lipinski definition) is 0. The summed E-state index contributed by atoms with van der Waals surface area (Å²) in [5.74, 6) is 1.89. The topological polar surface area (TPSA) is 66.4 Å². The predicted molar refractivity (Wildman–Crippen MR) is 106 cm³/mol. The molecule has 6 nitrogen and oxygen atoms in total. The fourth-order valence-corrected chi connectivity index (χ4v) is 5.05. The molecular formula is C19H26N4O2S. The standard InChI is InChI=1S/C19H26N4O2S/c1-4-23(5-2)19-20-17(15-9-7-6-8-10-15)13-18(21-19)22(3)16-11-12-26(24,25)14-16/h6-10,13,16H,4-5,11-12,14H2,1-3H3. The molecule has 2 heterocycles. The maximum Gasteiger partial charge on any atom is 0.227 e. The molecule has 1 aromatic carbocycles. The molecule has 0 N–H and O–H groups in total. The van der Waals surface area contributed by atoms with Gasteiger partial charge in [-0.2, -0.15) is 4.98 Å². The third-order valence-corrected chi connectivity index (χ3v) is 6.68. The third-order valence-electron chi connectivity index (χ3n) is 4.93. The van der Waals surface area contributed by atoms with Crippen LogP contribution in [0.4, 0.5) is 11.8 Å². The Labute approximate surface area is 155 Å². The van der Waals surface area contributed by atoms with E-state index in [2.05, 4.69) is 18.7 Å². The number of aromatic nitrogens is 2. The molecule has 1 fully saturated rings. The van der Waals surface area contributed by atoms with Crippen LogP contribution in [0.2, 0.25) is 0 Å². The van der Waals surface area contributed by atoms with Crippen molar-refractivity contribution in [1.29, 1.82) is 0 Å². The van der Waals surface area contributed by atoms with Crippen molar-refractivity contribution in [3.05, 3.63) is 36.4 Å². The van der Waals surface area contributed by atoms with E-state index >= 15 is 0 Å². The van der Waals surface area contributed by atoms with Crippen LogP contribution >= 0.6 is 0 Å². The normalized spacial score (nSPS) is 18.7. The fraction of sp³-hybridized carbons (Fsp3) is 0.474. The average molecular weight is 375 g/mol. The third kappa shape index (κ3) is 3.98. The van der Waals surface area contributed by atoms with Crippen LogP contribution in [-0.2, 0) is 9.84 Å². The molecule has 0 bridgehead atoms. The lowest BCUT2D eigenvalue weighted by molar-refractivity contribution is 0.600. The Hall–Kier alpha value is -2.15. The van der Waals surface area contributed by atoms with Crippen LogP contribution in [-0.4, -0.2) is 56.1 Å². The fourth-order valence-electron chi connectivity index (χ4n) is 3.28. The molecule has 1 aromatic heterocycles. The van der Waals surface area contributed by atoms with E-state index in [-0.39, 0.29) is 17.5 Å². The van der Waals surface area contributed by atoms with Crippen molar-refractivity contribution in [2.24, 2.45) is 0 Å². The van der Waals surface area contributed by atoms with Crippen molar-refractivity contribution >= 4 is 21.6 Å². The Balaban J connectivity index is 2.02. The first-order chi connectivity index (χ1) is 12.4. The molecule has 1 saturated heterocycles. The quantitative estimate of drug-likeness (QED) is 0.774. The molecule has 1 aliphatic rings. The van der Waals surface area contributed by atoms with E-state index in [9.17, 15) is 8.42 Å². The highest BCUT2D eigenvalue weighted by atomic mass is 32.2. The monoisotopic (exact) mass is 374 g/mol. The van der Waals surface area contributed by atoms with Crippen LogP contribution in [0.25, 0.3) is 11.3 Å². The maximum atomic E-state index is 11.9. The zero-order chi connectivity index (χ0) is 18.7. The van der Waals surface area contributed by atoms with Crippen molar-refractivity contribution in [3.63, 3.8) is 0 Å². The second-order valence-corrected chi connectivity index (χ2v) is 8.85. The lowest BCUT2D eigenvalue weighted by atomic mass is 10.1. The van der Waals surface area contributed by atoms with Crippen LogP contribution in [0.1, 0.15) is 20.3 Å². The molecule has 0 radical (unpaired) electrons. The van der Waals surface area contributed by atoms with Gasteiger partial charge in [0.05, 0.1) is 17.2 Å². The van der Waals surface area contributed by atoms with Gasteiger partial charge in [0, 0.05) is 37.8 Å². The van der Waals surface area contributed by atoms with Gasteiger partial charge in [-0.15, -0.1) is 0 Å². The SMILES string of the molecule is CCN(CC)c1nc(-c2ccccc2)cc(N(C)C2CCS(=O)(=O)C2)n1. The van der Waals surface area contributed by atoms with Crippen molar-refractivity contribution in [1.82, 2.24) is 9.97 Å². The maximum absolute atomic E-state index is 11.9. The predicted octanol–water partition coefficient (Wildman–Crippen LogP) is 2.61. The number of hydrogen-bond acceptors (Lipinski definition) is 6. The summed E-state index contributed by atoms with van der Waals surface area (Å²) in [5.41, 5.74) is 1.88. The van der Waals surface area contributed by atoms with E-state index < -0.39 is 9.84 Å². The van der Waals surface area contributed by atoms with Crippen LogP contribution < -0.4 is 9.80 Å². The highest BCUT2D eigenvalue weighted by Gasteiger charge is 2.31. The smallest absolute Gasteiger partial charge is 0.227 e. The Bertz CT molecular complexity index is 851. The average Bonchev–Trinajstić information content (AvgIpc) is 3.02. The highest BCUT2D eigenvalue weighted by Crippen LogP contribution is 2.27. The van der Waals surface area contributed by atoms with E-state index in [0.717, 1.165) is 30.2 Å². The molecule has 1 aliphatic heterocycles. The number of sulfone groups is 1.